The third-order valence-electron chi connectivity index (χ3n) is 0. The van der Waals surface area contributed by atoms with E-state index >= 15 is 0 Å². The molecule has 0 spiro atoms. The van der Waals surface area contributed by atoms with E-state index in [1.165, 1.54) is 0 Å². The quantitative estimate of drug-likeness (QED) is 0.426. The summed E-state index contributed by atoms with van der Waals surface area (Å²) >= 11 is 0. The Labute approximate surface area is 105 Å². The maximum absolute atomic E-state index is 0. The van der Waals surface area contributed by atoms with Crippen molar-refractivity contribution in [1.82, 2.24) is 0 Å². The zero-order valence-corrected chi connectivity index (χ0v) is 13.4. The van der Waals surface area contributed by atoms with Gasteiger partial charge in [-0.15, -0.1) is 0 Å². The molecule has 0 aliphatic heterocycles. The normalized spacial score (nSPS) is 0. The van der Waals surface area contributed by atoms with Crippen LogP contribution in [-0.4, -0.2) is 0 Å². The van der Waals surface area contributed by atoms with Gasteiger partial charge in [0.1, 0.15) is 0 Å². The van der Waals surface area contributed by atoms with Gasteiger partial charge in [0, 0.05) is 108 Å². The van der Waals surface area contributed by atoms with E-state index in [0.717, 1.165) is 0 Å². The SMILES string of the molecule is [Ce].[Re].[Zn].[Zr]. The first-order chi connectivity index (χ1) is 0. The molecular formula is CeReZnZr. The van der Waals surface area contributed by atoms with Gasteiger partial charge < -0.3 is 0 Å². The second-order valence-corrected chi connectivity index (χ2v) is 0. The molecule has 0 saturated carbocycles. The van der Waals surface area contributed by atoms with E-state index in [-0.39, 0.29) is 108 Å². The summed E-state index contributed by atoms with van der Waals surface area (Å²) in [4.78, 5) is 0. The maximum atomic E-state index is 0. The standard InChI is InChI=1S/Ce.Re.Zn.Zr. The topological polar surface area (TPSA) is 0 Å². The van der Waals surface area contributed by atoms with Crippen LogP contribution in [0.1, 0.15) is 0 Å². The minimum Gasteiger partial charge on any atom is 0 e. The van der Waals surface area contributed by atoms with Gasteiger partial charge in [-0.05, 0) is 0 Å². The van der Waals surface area contributed by atoms with Crippen LogP contribution < -0.4 is 0 Å². The molecule has 0 aliphatic carbocycles. The molecule has 0 bridgehead atoms. The first-order valence-electron chi connectivity index (χ1n) is 0. The van der Waals surface area contributed by atoms with Gasteiger partial charge in [0.15, 0.2) is 0 Å². The fourth-order valence-electron chi connectivity index (χ4n) is 0. The van der Waals surface area contributed by atoms with E-state index in [1.54, 1.807) is 0 Å². The molecule has 0 saturated heterocycles. The van der Waals surface area contributed by atoms with Crippen LogP contribution in [0.15, 0.2) is 0 Å². The van der Waals surface area contributed by atoms with Gasteiger partial charge in [0.25, 0.3) is 0 Å². The maximum Gasteiger partial charge on any atom is 0 e. The molecule has 4 heteroatoms. The Morgan fingerprint density at radius 2 is 1.00 bits per heavy atom. The Kier molecular flexibility index (Phi) is 103. The summed E-state index contributed by atoms with van der Waals surface area (Å²) in [5, 5.41) is 0. The van der Waals surface area contributed by atoms with E-state index in [4.69, 9.17) is 0 Å². The molecule has 0 aliphatic rings. The molecule has 17 valence electrons. The van der Waals surface area contributed by atoms with E-state index in [0.29, 0.717) is 0 Å². The van der Waals surface area contributed by atoms with Gasteiger partial charge in [0.05, 0.1) is 0 Å². The third-order valence-corrected chi connectivity index (χ3v) is 0. The predicted molar refractivity (Wildman–Crippen MR) is 0 cm³/mol. The molecular weight excluding hydrogens is 483 g/mol. The van der Waals surface area contributed by atoms with Crippen LogP contribution >= 0.6 is 0 Å². The number of hydrogen-bond acceptors (Lipinski definition) is 0. The molecule has 0 aromatic heterocycles. The molecule has 0 aromatic carbocycles. The molecule has 0 nitrogen and oxygen atoms in total. The molecule has 0 rings (SSSR count). The predicted octanol–water partition coefficient (Wildman–Crippen LogP) is -0.00750. The summed E-state index contributed by atoms with van der Waals surface area (Å²) in [6.45, 7) is 0. The van der Waals surface area contributed by atoms with Crippen LogP contribution in [0, 0.1) is 41.7 Å². The van der Waals surface area contributed by atoms with Crippen LogP contribution in [0.3, 0.4) is 0 Å². The summed E-state index contributed by atoms with van der Waals surface area (Å²) in [6.07, 6.45) is 0. The van der Waals surface area contributed by atoms with Gasteiger partial charge >= 0.3 is 0 Å². The molecule has 0 amide bonds. The zero-order valence-electron chi connectivity index (χ0n) is 2.09. The first-order valence-corrected chi connectivity index (χ1v) is 0. The van der Waals surface area contributed by atoms with Gasteiger partial charge in [-0.1, -0.05) is 0 Å². The average molecular weight is 483 g/mol. The zero-order chi connectivity index (χ0) is 0. The van der Waals surface area contributed by atoms with E-state index in [9.17, 15) is 0 Å². The summed E-state index contributed by atoms with van der Waals surface area (Å²) in [6, 6.07) is 0. The van der Waals surface area contributed by atoms with Crippen molar-refractivity contribution >= 4 is 0 Å². The van der Waals surface area contributed by atoms with Crippen molar-refractivity contribution in [2.75, 3.05) is 0 Å². The summed E-state index contributed by atoms with van der Waals surface area (Å²) in [5.41, 5.74) is 0. The van der Waals surface area contributed by atoms with Crippen molar-refractivity contribution < 1.29 is 108 Å². The molecule has 0 heterocycles. The molecule has 0 fully saturated rings. The van der Waals surface area contributed by atoms with Crippen molar-refractivity contribution in [3.05, 3.63) is 0 Å². The smallest absolute Gasteiger partial charge is 0 e. The summed E-state index contributed by atoms with van der Waals surface area (Å²) < 4.78 is 0. The molecule has 4 heavy (non-hydrogen) atoms. The fourth-order valence-corrected chi connectivity index (χ4v) is 0. The van der Waals surface area contributed by atoms with Gasteiger partial charge in [-0.25, -0.2) is 0 Å². The Morgan fingerprint density at radius 3 is 1.00 bits per heavy atom. The van der Waals surface area contributed by atoms with Crippen LogP contribution in [-0.2, 0) is 66.1 Å². The third kappa shape index (κ3) is 9.11. The van der Waals surface area contributed by atoms with Gasteiger partial charge in [0.2, 0.25) is 0 Å². The second-order valence-electron chi connectivity index (χ2n) is 0. The first kappa shape index (κ1) is 25.7. The molecule has 1 radical (unpaired) electrons. The van der Waals surface area contributed by atoms with Crippen LogP contribution in [0.25, 0.3) is 0 Å². The van der Waals surface area contributed by atoms with Crippen molar-refractivity contribution in [2.24, 2.45) is 0 Å². The fraction of sp³-hybridized carbons (Fsp3) is 0. The average Bonchev–Trinajstić information content (AvgIpc) is 0. The van der Waals surface area contributed by atoms with E-state index < -0.39 is 0 Å². The van der Waals surface area contributed by atoms with Crippen molar-refractivity contribution in [2.45, 2.75) is 0 Å². The monoisotopic (exact) mass is 481 g/mol. The summed E-state index contributed by atoms with van der Waals surface area (Å²) in [7, 11) is 0. The van der Waals surface area contributed by atoms with E-state index in [1.807, 2.05) is 0 Å². The van der Waals surface area contributed by atoms with Crippen molar-refractivity contribution in [1.29, 1.82) is 0 Å². The minimum absolute atomic E-state index is 0. The van der Waals surface area contributed by atoms with Gasteiger partial charge in [-0.3, -0.25) is 0 Å². The van der Waals surface area contributed by atoms with Crippen LogP contribution in [0.4, 0.5) is 0 Å². The van der Waals surface area contributed by atoms with Crippen molar-refractivity contribution in [3.8, 4) is 0 Å². The molecule has 0 aromatic rings. The second kappa shape index (κ2) is 16.0. The van der Waals surface area contributed by atoms with Crippen LogP contribution in [0.2, 0.25) is 0 Å². The Balaban J connectivity index is 0. The molecule has 0 unspecified atom stereocenters. The molecule has 0 atom stereocenters. The van der Waals surface area contributed by atoms with Crippen molar-refractivity contribution in [3.63, 3.8) is 0 Å². The van der Waals surface area contributed by atoms with Gasteiger partial charge in [-0.2, -0.15) is 0 Å². The largest absolute Gasteiger partial charge is 0 e. The number of hydrogen-bond donors (Lipinski definition) is 0. The Bertz CT molecular complexity index is 8.00. The number of rotatable bonds is 0. The van der Waals surface area contributed by atoms with Crippen LogP contribution in [0.5, 0.6) is 0 Å². The Morgan fingerprint density at radius 1 is 1.00 bits per heavy atom. The summed E-state index contributed by atoms with van der Waals surface area (Å²) in [5.74, 6) is 0. The Hall–Kier alpha value is 3.55. The molecule has 0 N–H and O–H groups in total. The van der Waals surface area contributed by atoms with E-state index in [2.05, 4.69) is 0 Å². The minimum atomic E-state index is 0.